The predicted molar refractivity (Wildman–Crippen MR) is 89.2 cm³/mol. The minimum atomic E-state index is -0.416. The maximum atomic E-state index is 11.9. The molecule has 0 atom stereocenters. The molecule has 3 rings (SSSR count). The number of H-pyrrole nitrogens is 1. The smallest absolute Gasteiger partial charge is 0.320 e. The number of aromatic nitrogens is 2. The Kier molecular flexibility index (Phi) is 4.39. The van der Waals surface area contributed by atoms with Crippen LogP contribution in [0.5, 0.6) is 0 Å². The second-order valence-corrected chi connectivity index (χ2v) is 7.22. The summed E-state index contributed by atoms with van der Waals surface area (Å²) in [7, 11) is 0. The quantitative estimate of drug-likeness (QED) is 0.885. The van der Waals surface area contributed by atoms with Crippen molar-refractivity contribution in [3.63, 3.8) is 0 Å². The van der Waals surface area contributed by atoms with Gasteiger partial charge in [-0.3, -0.25) is 14.8 Å². The van der Waals surface area contributed by atoms with Crippen molar-refractivity contribution in [2.75, 3.05) is 19.6 Å². The molecule has 23 heavy (non-hydrogen) atoms. The molecule has 0 amide bonds. The molecule has 1 aromatic carbocycles. The van der Waals surface area contributed by atoms with E-state index in [0.717, 1.165) is 37.1 Å². The zero-order valence-electron chi connectivity index (χ0n) is 14.1. The molecule has 1 fully saturated rings. The molecule has 1 aliphatic heterocycles. The largest absolute Gasteiger partial charge is 0.459 e. The Bertz CT molecular complexity index is 679. The van der Waals surface area contributed by atoms with Crippen molar-refractivity contribution in [3.05, 3.63) is 30.0 Å². The highest BCUT2D eigenvalue weighted by Crippen LogP contribution is 2.31. The minimum absolute atomic E-state index is 0.142. The van der Waals surface area contributed by atoms with E-state index >= 15 is 0 Å². The van der Waals surface area contributed by atoms with Crippen LogP contribution in [0, 0.1) is 6.07 Å². The van der Waals surface area contributed by atoms with Crippen molar-refractivity contribution in [1.29, 1.82) is 0 Å². The highest BCUT2D eigenvalue weighted by atomic mass is 16.6. The molecule has 2 heterocycles. The van der Waals surface area contributed by atoms with Crippen molar-refractivity contribution >= 4 is 16.9 Å². The van der Waals surface area contributed by atoms with E-state index in [1.165, 1.54) is 5.39 Å². The number of nitrogens with one attached hydrogen (secondary N) is 1. The van der Waals surface area contributed by atoms with E-state index in [-0.39, 0.29) is 5.97 Å². The van der Waals surface area contributed by atoms with Crippen molar-refractivity contribution in [1.82, 2.24) is 15.1 Å². The van der Waals surface area contributed by atoms with Crippen molar-refractivity contribution in [3.8, 4) is 0 Å². The SMILES string of the molecule is CC(C)(C)OC(=O)CN1CCC(c2n[nH]c3c[c]ccc23)CC1. The van der Waals surface area contributed by atoms with Gasteiger partial charge in [-0.1, -0.05) is 12.1 Å². The number of hydrogen-bond donors (Lipinski definition) is 1. The third-order valence-electron chi connectivity index (χ3n) is 4.18. The highest BCUT2D eigenvalue weighted by Gasteiger charge is 2.26. The maximum absolute atomic E-state index is 11.9. The zero-order chi connectivity index (χ0) is 16.4. The van der Waals surface area contributed by atoms with Crippen molar-refractivity contribution in [2.24, 2.45) is 0 Å². The van der Waals surface area contributed by atoms with Gasteiger partial charge in [0.25, 0.3) is 0 Å². The van der Waals surface area contributed by atoms with Crippen LogP contribution in [0.2, 0.25) is 0 Å². The van der Waals surface area contributed by atoms with Crippen LogP contribution < -0.4 is 0 Å². The van der Waals surface area contributed by atoms with Gasteiger partial charge in [0.15, 0.2) is 0 Å². The van der Waals surface area contributed by atoms with E-state index in [9.17, 15) is 4.79 Å². The van der Waals surface area contributed by atoms with Gasteiger partial charge in [0.05, 0.1) is 17.8 Å². The molecule has 1 N–H and O–H groups in total. The second kappa shape index (κ2) is 6.32. The normalized spacial score (nSPS) is 17.5. The van der Waals surface area contributed by atoms with Crippen molar-refractivity contribution in [2.45, 2.75) is 45.1 Å². The highest BCUT2D eigenvalue weighted by molar-refractivity contribution is 5.81. The average Bonchev–Trinajstić information content (AvgIpc) is 2.90. The van der Waals surface area contributed by atoms with E-state index in [2.05, 4.69) is 27.2 Å². The Labute approximate surface area is 137 Å². The molecule has 1 saturated heterocycles. The van der Waals surface area contributed by atoms with Crippen LogP contribution in [-0.4, -0.2) is 46.3 Å². The number of likely N-dealkylation sites (tertiary alicyclic amines) is 1. The number of esters is 1. The van der Waals surface area contributed by atoms with Crippen LogP contribution in [0.4, 0.5) is 0 Å². The third kappa shape index (κ3) is 3.91. The summed E-state index contributed by atoms with van der Waals surface area (Å²) in [6.07, 6.45) is 2.03. The topological polar surface area (TPSA) is 58.2 Å². The van der Waals surface area contributed by atoms with E-state index in [1.54, 1.807) is 0 Å². The standard InChI is InChI=1S/C18H24N3O2/c1-18(2,3)23-16(22)12-21-10-8-13(9-11-21)17-14-6-4-5-7-15(14)19-20-17/h4,6-7,13H,8-12H2,1-3H3,(H,19,20). The molecule has 0 bridgehead atoms. The molecule has 1 aromatic heterocycles. The summed E-state index contributed by atoms with van der Waals surface area (Å²) in [4.78, 5) is 14.1. The Morgan fingerprint density at radius 2 is 2.17 bits per heavy atom. The fourth-order valence-electron chi connectivity index (χ4n) is 3.16. The molecule has 0 unspecified atom stereocenters. The number of hydrogen-bond acceptors (Lipinski definition) is 4. The number of carbonyl (C=O) groups excluding carboxylic acids is 1. The van der Waals surface area contributed by atoms with E-state index in [1.807, 2.05) is 32.9 Å². The fraction of sp³-hybridized carbons (Fsp3) is 0.556. The molecule has 0 saturated carbocycles. The lowest BCUT2D eigenvalue weighted by atomic mass is 9.91. The predicted octanol–water partition coefficient (Wildman–Crippen LogP) is 2.88. The molecule has 5 nitrogen and oxygen atoms in total. The first-order valence-corrected chi connectivity index (χ1v) is 8.21. The fourth-order valence-corrected chi connectivity index (χ4v) is 3.16. The number of fused-ring (bicyclic) bond motifs is 1. The van der Waals surface area contributed by atoms with Gasteiger partial charge in [-0.25, -0.2) is 0 Å². The summed E-state index contributed by atoms with van der Waals surface area (Å²) in [6, 6.07) is 9.00. The third-order valence-corrected chi connectivity index (χ3v) is 4.18. The Balaban J connectivity index is 1.57. The lowest BCUT2D eigenvalue weighted by Crippen LogP contribution is -2.39. The zero-order valence-corrected chi connectivity index (χ0v) is 14.1. The van der Waals surface area contributed by atoms with E-state index < -0.39 is 5.60 Å². The Morgan fingerprint density at radius 1 is 1.43 bits per heavy atom. The van der Waals surface area contributed by atoms with Gasteiger partial charge < -0.3 is 4.74 Å². The minimum Gasteiger partial charge on any atom is -0.459 e. The lowest BCUT2D eigenvalue weighted by molar-refractivity contribution is -0.156. The molecule has 123 valence electrons. The molecule has 1 radical (unpaired) electrons. The lowest BCUT2D eigenvalue weighted by Gasteiger charge is -2.31. The molecule has 2 aromatic rings. The van der Waals surface area contributed by atoms with Crippen LogP contribution in [0.1, 0.15) is 45.2 Å². The van der Waals surface area contributed by atoms with Crippen LogP contribution >= 0.6 is 0 Å². The van der Waals surface area contributed by atoms with Crippen molar-refractivity contribution < 1.29 is 9.53 Å². The van der Waals surface area contributed by atoms with E-state index in [0.29, 0.717) is 12.5 Å². The van der Waals surface area contributed by atoms with Gasteiger partial charge in [0, 0.05) is 11.3 Å². The number of ether oxygens (including phenoxy) is 1. The molecule has 1 aliphatic rings. The van der Waals surface area contributed by atoms with Crippen LogP contribution in [-0.2, 0) is 9.53 Å². The summed E-state index contributed by atoms with van der Waals surface area (Å²) >= 11 is 0. The monoisotopic (exact) mass is 314 g/mol. The van der Waals surface area contributed by atoms with Crippen LogP contribution in [0.25, 0.3) is 10.9 Å². The maximum Gasteiger partial charge on any atom is 0.320 e. The van der Waals surface area contributed by atoms with Gasteiger partial charge in [-0.2, -0.15) is 5.10 Å². The first-order chi connectivity index (χ1) is 10.9. The summed E-state index contributed by atoms with van der Waals surface area (Å²) in [5.74, 6) is 0.303. The number of aromatic amines is 1. The van der Waals surface area contributed by atoms with Gasteiger partial charge in [-0.15, -0.1) is 0 Å². The summed E-state index contributed by atoms with van der Waals surface area (Å²) in [5, 5.41) is 8.77. The first-order valence-electron chi connectivity index (χ1n) is 8.21. The number of carbonyl (C=O) groups is 1. The first kappa shape index (κ1) is 16.0. The Hall–Kier alpha value is -1.88. The second-order valence-electron chi connectivity index (χ2n) is 7.22. The molecule has 0 aliphatic carbocycles. The molecular weight excluding hydrogens is 290 g/mol. The summed E-state index contributed by atoms with van der Waals surface area (Å²) in [5.41, 5.74) is 1.77. The Morgan fingerprint density at radius 3 is 2.87 bits per heavy atom. The van der Waals surface area contributed by atoms with Crippen LogP contribution in [0.15, 0.2) is 18.2 Å². The van der Waals surface area contributed by atoms with Gasteiger partial charge >= 0.3 is 5.97 Å². The molecule has 5 heteroatoms. The number of benzene rings is 1. The van der Waals surface area contributed by atoms with Gasteiger partial charge in [0.2, 0.25) is 0 Å². The average molecular weight is 314 g/mol. The summed E-state index contributed by atoms with van der Waals surface area (Å²) in [6.45, 7) is 7.88. The number of nitrogens with zero attached hydrogens (tertiary/aromatic N) is 2. The molecule has 0 spiro atoms. The molecular formula is C18H24N3O2. The van der Waals surface area contributed by atoms with Crippen LogP contribution in [0.3, 0.4) is 0 Å². The number of piperidine rings is 1. The van der Waals surface area contributed by atoms with E-state index in [4.69, 9.17) is 4.74 Å². The summed E-state index contributed by atoms with van der Waals surface area (Å²) < 4.78 is 5.40. The number of rotatable bonds is 3. The van der Waals surface area contributed by atoms with Gasteiger partial charge in [-0.05, 0) is 58.8 Å². The van der Waals surface area contributed by atoms with Gasteiger partial charge in [0.1, 0.15) is 5.60 Å².